The highest BCUT2D eigenvalue weighted by atomic mass is 32.1. The number of carbonyl (C=O) groups excluding carboxylic acids is 2. The molecule has 3 rings (SSSR count). The minimum absolute atomic E-state index is 0.0271. The van der Waals surface area contributed by atoms with Gasteiger partial charge in [0, 0.05) is 30.6 Å². The molecule has 2 aromatic rings. The molecule has 1 aliphatic rings. The van der Waals surface area contributed by atoms with Crippen LogP contribution in [0.4, 0.5) is 0 Å². The zero-order chi connectivity index (χ0) is 18.7. The van der Waals surface area contributed by atoms with Gasteiger partial charge in [0.25, 0.3) is 5.91 Å². The Morgan fingerprint density at radius 2 is 1.92 bits per heavy atom. The molecule has 1 atom stereocenters. The second kappa shape index (κ2) is 8.04. The number of aryl methyl sites for hydroxylation is 2. The number of hydrogen-bond donors (Lipinski definition) is 0. The molecule has 1 saturated heterocycles. The molecule has 2 amide bonds. The molecule has 1 aromatic heterocycles. The smallest absolute Gasteiger partial charge is 0.253 e. The Hall–Kier alpha value is -2.14. The van der Waals surface area contributed by atoms with Crippen molar-refractivity contribution in [2.45, 2.75) is 33.2 Å². The van der Waals surface area contributed by atoms with Crippen molar-refractivity contribution in [3.05, 3.63) is 57.3 Å². The molecule has 1 aliphatic heterocycles. The number of hydrogen-bond acceptors (Lipinski definition) is 3. The summed E-state index contributed by atoms with van der Waals surface area (Å²) in [5, 5.41) is 2.06. The van der Waals surface area contributed by atoms with E-state index in [9.17, 15) is 9.59 Å². The SMILES string of the molecule is Cc1ccc(C(=O)N2CCCC(C(=O)N(C)Cc3sccc3C)C2)cc1. The van der Waals surface area contributed by atoms with E-state index < -0.39 is 0 Å². The van der Waals surface area contributed by atoms with E-state index in [1.165, 1.54) is 10.4 Å². The highest BCUT2D eigenvalue weighted by Crippen LogP contribution is 2.23. The van der Waals surface area contributed by atoms with Gasteiger partial charge in [-0.3, -0.25) is 9.59 Å². The number of thiophene rings is 1. The summed E-state index contributed by atoms with van der Waals surface area (Å²) in [7, 11) is 1.86. The van der Waals surface area contributed by atoms with Gasteiger partial charge >= 0.3 is 0 Å². The first-order valence-electron chi connectivity index (χ1n) is 9.09. The number of amides is 2. The van der Waals surface area contributed by atoms with E-state index in [4.69, 9.17) is 0 Å². The summed E-state index contributed by atoms with van der Waals surface area (Å²) in [6.45, 7) is 5.97. The van der Waals surface area contributed by atoms with Crippen molar-refractivity contribution >= 4 is 23.2 Å². The van der Waals surface area contributed by atoms with E-state index in [0.717, 1.165) is 24.9 Å². The molecule has 0 aliphatic carbocycles. The molecule has 0 spiro atoms. The van der Waals surface area contributed by atoms with Crippen LogP contribution in [0.25, 0.3) is 0 Å². The highest BCUT2D eigenvalue weighted by Gasteiger charge is 2.30. The van der Waals surface area contributed by atoms with Crippen LogP contribution in [0.15, 0.2) is 35.7 Å². The van der Waals surface area contributed by atoms with E-state index in [0.29, 0.717) is 18.7 Å². The Balaban J connectivity index is 1.63. The summed E-state index contributed by atoms with van der Waals surface area (Å²) in [4.78, 5) is 30.5. The first kappa shape index (κ1) is 18.6. The summed E-state index contributed by atoms with van der Waals surface area (Å²) in [6, 6.07) is 9.73. The Bertz CT molecular complexity index is 782. The van der Waals surface area contributed by atoms with E-state index in [2.05, 4.69) is 18.4 Å². The Morgan fingerprint density at radius 1 is 1.19 bits per heavy atom. The largest absolute Gasteiger partial charge is 0.340 e. The van der Waals surface area contributed by atoms with Gasteiger partial charge in [-0.05, 0) is 55.8 Å². The zero-order valence-corrected chi connectivity index (χ0v) is 16.5. The normalized spacial score (nSPS) is 17.2. The summed E-state index contributed by atoms with van der Waals surface area (Å²) >= 11 is 1.69. The highest BCUT2D eigenvalue weighted by molar-refractivity contribution is 7.10. The maximum atomic E-state index is 12.9. The van der Waals surface area contributed by atoms with Crippen LogP contribution < -0.4 is 0 Å². The molecule has 1 unspecified atom stereocenters. The van der Waals surface area contributed by atoms with Gasteiger partial charge < -0.3 is 9.80 Å². The number of piperidine rings is 1. The molecule has 4 nitrogen and oxygen atoms in total. The van der Waals surface area contributed by atoms with Gasteiger partial charge in [0.05, 0.1) is 12.5 Å². The molecular weight excluding hydrogens is 344 g/mol. The van der Waals surface area contributed by atoms with Crippen LogP contribution >= 0.6 is 11.3 Å². The van der Waals surface area contributed by atoms with Crippen molar-refractivity contribution in [3.8, 4) is 0 Å². The van der Waals surface area contributed by atoms with Gasteiger partial charge in [0.2, 0.25) is 5.91 Å². The van der Waals surface area contributed by atoms with Crippen molar-refractivity contribution in [2.75, 3.05) is 20.1 Å². The second-order valence-corrected chi connectivity index (χ2v) is 8.18. The van der Waals surface area contributed by atoms with Crippen molar-refractivity contribution in [2.24, 2.45) is 5.92 Å². The molecule has 0 saturated carbocycles. The van der Waals surface area contributed by atoms with Crippen LogP contribution in [0, 0.1) is 19.8 Å². The first-order valence-corrected chi connectivity index (χ1v) is 9.97. The van der Waals surface area contributed by atoms with Crippen LogP contribution in [0.1, 0.15) is 39.2 Å². The zero-order valence-electron chi connectivity index (χ0n) is 15.7. The van der Waals surface area contributed by atoms with Gasteiger partial charge in [0.1, 0.15) is 0 Å². The van der Waals surface area contributed by atoms with Gasteiger partial charge in [-0.15, -0.1) is 11.3 Å². The molecule has 138 valence electrons. The van der Waals surface area contributed by atoms with Crippen molar-refractivity contribution in [1.82, 2.24) is 9.80 Å². The predicted molar refractivity (Wildman–Crippen MR) is 105 cm³/mol. The van der Waals surface area contributed by atoms with Crippen molar-refractivity contribution in [3.63, 3.8) is 0 Å². The van der Waals surface area contributed by atoms with E-state index >= 15 is 0 Å². The fourth-order valence-electron chi connectivity index (χ4n) is 3.41. The number of likely N-dealkylation sites (tertiary alicyclic amines) is 1. The first-order chi connectivity index (χ1) is 12.5. The average molecular weight is 371 g/mol. The van der Waals surface area contributed by atoms with Crippen LogP contribution in [0.3, 0.4) is 0 Å². The van der Waals surface area contributed by atoms with Gasteiger partial charge in [0.15, 0.2) is 0 Å². The molecule has 2 heterocycles. The van der Waals surface area contributed by atoms with Crippen molar-refractivity contribution < 1.29 is 9.59 Å². The Kier molecular flexibility index (Phi) is 5.77. The van der Waals surface area contributed by atoms with Gasteiger partial charge in [-0.25, -0.2) is 0 Å². The predicted octanol–water partition coefficient (Wildman–Crippen LogP) is 3.88. The van der Waals surface area contributed by atoms with Crippen LogP contribution in [-0.2, 0) is 11.3 Å². The summed E-state index contributed by atoms with van der Waals surface area (Å²) in [5.74, 6) is 0.0573. The van der Waals surface area contributed by atoms with Crippen molar-refractivity contribution in [1.29, 1.82) is 0 Å². The molecule has 1 fully saturated rings. The third kappa shape index (κ3) is 4.15. The van der Waals surface area contributed by atoms with E-state index in [1.807, 2.05) is 48.0 Å². The third-order valence-electron chi connectivity index (χ3n) is 5.08. The fourth-order valence-corrected chi connectivity index (χ4v) is 4.37. The maximum Gasteiger partial charge on any atom is 0.253 e. The lowest BCUT2D eigenvalue weighted by atomic mass is 9.95. The lowest BCUT2D eigenvalue weighted by molar-refractivity contribution is -0.136. The maximum absolute atomic E-state index is 12.9. The van der Waals surface area contributed by atoms with E-state index in [-0.39, 0.29) is 17.7 Å². The monoisotopic (exact) mass is 370 g/mol. The van der Waals surface area contributed by atoms with Gasteiger partial charge in [-0.1, -0.05) is 17.7 Å². The standard InChI is InChI=1S/C21H26N2O2S/c1-15-6-8-17(9-7-15)21(25)23-11-4-5-18(13-23)20(24)22(3)14-19-16(2)10-12-26-19/h6-10,12,18H,4-5,11,13-14H2,1-3H3. The summed E-state index contributed by atoms with van der Waals surface area (Å²) in [5.41, 5.74) is 3.07. The van der Waals surface area contributed by atoms with Crippen LogP contribution in [0.5, 0.6) is 0 Å². The number of carbonyl (C=O) groups is 2. The number of rotatable bonds is 4. The minimum Gasteiger partial charge on any atom is -0.340 e. The number of nitrogens with zero attached hydrogens (tertiary/aromatic N) is 2. The average Bonchev–Trinajstić information content (AvgIpc) is 3.06. The van der Waals surface area contributed by atoms with Gasteiger partial charge in [-0.2, -0.15) is 0 Å². The van der Waals surface area contributed by atoms with Crippen LogP contribution in [-0.4, -0.2) is 41.8 Å². The summed E-state index contributed by atoms with van der Waals surface area (Å²) < 4.78 is 0. The molecule has 0 bridgehead atoms. The van der Waals surface area contributed by atoms with Crippen LogP contribution in [0.2, 0.25) is 0 Å². The Morgan fingerprint density at radius 3 is 2.58 bits per heavy atom. The molecule has 0 N–H and O–H groups in total. The lowest BCUT2D eigenvalue weighted by Gasteiger charge is -2.34. The fraction of sp³-hybridized carbons (Fsp3) is 0.429. The summed E-state index contributed by atoms with van der Waals surface area (Å²) in [6.07, 6.45) is 1.73. The second-order valence-electron chi connectivity index (χ2n) is 7.18. The minimum atomic E-state index is -0.108. The molecule has 5 heteroatoms. The lowest BCUT2D eigenvalue weighted by Crippen LogP contribution is -2.45. The molecule has 0 radical (unpaired) electrons. The molecule has 26 heavy (non-hydrogen) atoms. The quantitative estimate of drug-likeness (QED) is 0.820. The molecular formula is C21H26N2O2S. The number of benzene rings is 1. The third-order valence-corrected chi connectivity index (χ3v) is 6.09. The molecule has 1 aromatic carbocycles. The topological polar surface area (TPSA) is 40.6 Å². The Labute approximate surface area is 159 Å². The van der Waals surface area contributed by atoms with E-state index in [1.54, 1.807) is 11.3 Å².